The van der Waals surface area contributed by atoms with Crippen molar-refractivity contribution in [2.75, 3.05) is 46.1 Å². The minimum atomic E-state index is -2.81. The molecule has 1 atom stereocenters. The Morgan fingerprint density at radius 1 is 0.895 bits per heavy atom. The lowest BCUT2D eigenvalue weighted by molar-refractivity contribution is 0.0469. The van der Waals surface area contributed by atoms with Gasteiger partial charge in [0, 0.05) is 26.4 Å². The molecule has 0 aliphatic heterocycles. The third-order valence-corrected chi connectivity index (χ3v) is 6.57. The van der Waals surface area contributed by atoms with Gasteiger partial charge in [0.15, 0.2) is 0 Å². The molecule has 0 spiro atoms. The highest BCUT2D eigenvalue weighted by atomic mass is 28.4. The Labute approximate surface area is 119 Å². The summed E-state index contributed by atoms with van der Waals surface area (Å²) in [6.45, 7) is 14.3. The zero-order chi connectivity index (χ0) is 14.7. The smallest absolute Gasteiger partial charge is 0.396 e. The highest BCUT2D eigenvalue weighted by molar-refractivity contribution is 6.62. The second-order valence-electron chi connectivity index (χ2n) is 4.27. The van der Waals surface area contributed by atoms with Gasteiger partial charge >= 0.3 is 8.80 Å². The summed E-state index contributed by atoms with van der Waals surface area (Å²) in [7, 11) is -2.81. The first-order valence-corrected chi connectivity index (χ1v) is 9.19. The molecular formula is C13H31NO4Si. The van der Waals surface area contributed by atoms with Crippen LogP contribution in [0.5, 0.6) is 0 Å². The molecule has 0 heterocycles. The molecule has 1 unspecified atom stereocenters. The summed E-state index contributed by atoms with van der Waals surface area (Å²) in [5.41, 5.74) is -0.0905. The second kappa shape index (κ2) is 10.8. The summed E-state index contributed by atoms with van der Waals surface area (Å²) in [6, 6.07) is 0. The Morgan fingerprint density at radius 2 is 1.32 bits per heavy atom. The standard InChI is InChI=1S/C13H31NO4Si/c1-6-14(7-2)11-13(12-15)19(16-8-3,17-9-4)18-10-5/h13,15H,6-12H2,1-5H3. The van der Waals surface area contributed by atoms with Crippen molar-refractivity contribution in [2.24, 2.45) is 0 Å². The fourth-order valence-corrected chi connectivity index (χ4v) is 5.03. The van der Waals surface area contributed by atoms with Crippen LogP contribution in [0.2, 0.25) is 5.54 Å². The lowest BCUT2D eigenvalue weighted by Gasteiger charge is -2.36. The van der Waals surface area contributed by atoms with Gasteiger partial charge in [-0.25, -0.2) is 0 Å². The van der Waals surface area contributed by atoms with Crippen LogP contribution in [-0.4, -0.2) is 64.9 Å². The molecule has 0 saturated heterocycles. The molecule has 0 saturated carbocycles. The molecule has 19 heavy (non-hydrogen) atoms. The van der Waals surface area contributed by atoms with Crippen LogP contribution in [0.4, 0.5) is 0 Å². The Morgan fingerprint density at radius 3 is 1.58 bits per heavy atom. The fourth-order valence-electron chi connectivity index (χ4n) is 2.16. The molecule has 0 amide bonds. The van der Waals surface area contributed by atoms with Gasteiger partial charge < -0.3 is 23.3 Å². The number of nitrogens with zero attached hydrogens (tertiary/aromatic N) is 1. The fraction of sp³-hybridized carbons (Fsp3) is 1.00. The highest BCUT2D eigenvalue weighted by Crippen LogP contribution is 2.27. The molecule has 116 valence electrons. The quantitative estimate of drug-likeness (QED) is 0.556. The van der Waals surface area contributed by atoms with E-state index < -0.39 is 8.80 Å². The van der Waals surface area contributed by atoms with Crippen molar-refractivity contribution in [1.82, 2.24) is 4.90 Å². The van der Waals surface area contributed by atoms with Crippen molar-refractivity contribution in [3.8, 4) is 0 Å². The van der Waals surface area contributed by atoms with Crippen LogP contribution in [0.1, 0.15) is 34.6 Å². The molecule has 0 radical (unpaired) electrons. The van der Waals surface area contributed by atoms with Gasteiger partial charge in [0.2, 0.25) is 0 Å². The second-order valence-corrected chi connectivity index (χ2v) is 7.16. The Bertz CT molecular complexity index is 198. The molecular weight excluding hydrogens is 262 g/mol. The van der Waals surface area contributed by atoms with E-state index in [-0.39, 0.29) is 12.1 Å². The minimum Gasteiger partial charge on any atom is -0.396 e. The van der Waals surface area contributed by atoms with E-state index in [9.17, 15) is 5.11 Å². The van der Waals surface area contributed by atoms with Crippen LogP contribution in [0.15, 0.2) is 0 Å². The predicted molar refractivity (Wildman–Crippen MR) is 79.3 cm³/mol. The Kier molecular flexibility index (Phi) is 10.8. The predicted octanol–water partition coefficient (Wildman–Crippen LogP) is 1.74. The molecule has 0 aliphatic carbocycles. The summed E-state index contributed by atoms with van der Waals surface area (Å²) in [5.74, 6) is 0. The van der Waals surface area contributed by atoms with Crippen molar-refractivity contribution in [3.63, 3.8) is 0 Å². The van der Waals surface area contributed by atoms with Crippen LogP contribution in [0, 0.1) is 0 Å². The van der Waals surface area contributed by atoms with E-state index in [4.69, 9.17) is 13.3 Å². The summed E-state index contributed by atoms with van der Waals surface area (Å²) in [5, 5.41) is 9.75. The van der Waals surface area contributed by atoms with Gasteiger partial charge in [-0.05, 0) is 33.9 Å². The van der Waals surface area contributed by atoms with Crippen LogP contribution in [0.3, 0.4) is 0 Å². The van der Waals surface area contributed by atoms with E-state index in [1.165, 1.54) is 0 Å². The van der Waals surface area contributed by atoms with E-state index in [2.05, 4.69) is 18.7 Å². The first-order valence-electron chi connectivity index (χ1n) is 7.38. The van der Waals surface area contributed by atoms with Gasteiger partial charge in [-0.1, -0.05) is 13.8 Å². The summed E-state index contributed by atoms with van der Waals surface area (Å²) < 4.78 is 17.6. The lowest BCUT2D eigenvalue weighted by atomic mass is 10.4. The summed E-state index contributed by atoms with van der Waals surface area (Å²) in [4.78, 5) is 2.26. The average Bonchev–Trinajstić information content (AvgIpc) is 2.41. The zero-order valence-corrected chi connectivity index (χ0v) is 14.1. The molecule has 1 N–H and O–H groups in total. The van der Waals surface area contributed by atoms with Gasteiger partial charge in [-0.15, -0.1) is 0 Å². The van der Waals surface area contributed by atoms with Gasteiger partial charge in [0.25, 0.3) is 0 Å². The number of rotatable bonds is 12. The number of aliphatic hydroxyl groups excluding tert-OH is 1. The molecule has 6 heteroatoms. The average molecular weight is 293 g/mol. The molecule has 0 rings (SSSR count). The highest BCUT2D eigenvalue weighted by Gasteiger charge is 2.49. The van der Waals surface area contributed by atoms with E-state index in [1.54, 1.807) is 0 Å². The minimum absolute atomic E-state index is 0.0305. The molecule has 5 nitrogen and oxygen atoms in total. The van der Waals surface area contributed by atoms with E-state index >= 15 is 0 Å². The van der Waals surface area contributed by atoms with Crippen LogP contribution >= 0.6 is 0 Å². The molecule has 0 bridgehead atoms. The summed E-state index contributed by atoms with van der Waals surface area (Å²) >= 11 is 0. The monoisotopic (exact) mass is 293 g/mol. The van der Waals surface area contributed by atoms with Crippen LogP contribution in [0.25, 0.3) is 0 Å². The van der Waals surface area contributed by atoms with Crippen LogP contribution in [-0.2, 0) is 13.3 Å². The number of hydrogen-bond acceptors (Lipinski definition) is 5. The first-order chi connectivity index (χ1) is 9.13. The van der Waals surface area contributed by atoms with E-state index in [0.717, 1.165) is 19.6 Å². The van der Waals surface area contributed by atoms with Gasteiger partial charge in [0.05, 0.1) is 12.1 Å². The molecule has 0 aromatic heterocycles. The number of hydrogen-bond donors (Lipinski definition) is 1. The normalized spacial score (nSPS) is 14.1. The largest absolute Gasteiger partial charge is 0.507 e. The maximum absolute atomic E-state index is 9.75. The molecule has 0 aromatic carbocycles. The molecule has 0 fully saturated rings. The van der Waals surface area contributed by atoms with E-state index in [0.29, 0.717) is 19.8 Å². The Hall–Kier alpha value is 0.0169. The van der Waals surface area contributed by atoms with Crippen molar-refractivity contribution in [2.45, 2.75) is 40.2 Å². The van der Waals surface area contributed by atoms with Crippen molar-refractivity contribution in [3.05, 3.63) is 0 Å². The van der Waals surface area contributed by atoms with Crippen LogP contribution < -0.4 is 0 Å². The van der Waals surface area contributed by atoms with Crippen molar-refractivity contribution >= 4 is 8.80 Å². The third-order valence-electron chi connectivity index (χ3n) is 3.13. The first kappa shape index (κ1) is 19.0. The SMILES string of the molecule is CCO[Si](OCC)(OCC)C(CO)CN(CC)CC. The number of aliphatic hydroxyl groups is 1. The maximum Gasteiger partial charge on any atom is 0.507 e. The van der Waals surface area contributed by atoms with Gasteiger partial charge in [0.1, 0.15) is 0 Å². The maximum atomic E-state index is 9.75. The van der Waals surface area contributed by atoms with Crippen molar-refractivity contribution < 1.29 is 18.4 Å². The summed E-state index contributed by atoms with van der Waals surface area (Å²) in [6.07, 6.45) is 0. The van der Waals surface area contributed by atoms with Gasteiger partial charge in [-0.3, -0.25) is 0 Å². The van der Waals surface area contributed by atoms with E-state index in [1.807, 2.05) is 20.8 Å². The topological polar surface area (TPSA) is 51.2 Å². The third kappa shape index (κ3) is 5.89. The lowest BCUT2D eigenvalue weighted by Crippen LogP contribution is -2.54. The van der Waals surface area contributed by atoms with Crippen molar-refractivity contribution in [1.29, 1.82) is 0 Å². The molecule has 0 aromatic rings. The zero-order valence-electron chi connectivity index (χ0n) is 13.1. The Balaban J connectivity index is 5.01. The van der Waals surface area contributed by atoms with Gasteiger partial charge in [-0.2, -0.15) is 0 Å². The molecule has 0 aliphatic rings.